The molecule has 2 heterocycles. The van der Waals surface area contributed by atoms with Crippen LogP contribution in [-0.4, -0.2) is 22.2 Å². The molecule has 31 heavy (non-hydrogen) atoms. The van der Waals surface area contributed by atoms with Crippen LogP contribution in [0, 0.1) is 5.82 Å². The third-order valence-electron chi connectivity index (χ3n) is 4.30. The van der Waals surface area contributed by atoms with Crippen LogP contribution in [0.1, 0.15) is 16.9 Å². The fraction of sp³-hybridized carbons (Fsp3) is 0.0455. The highest BCUT2D eigenvalue weighted by Crippen LogP contribution is 2.34. The Morgan fingerprint density at radius 3 is 2.65 bits per heavy atom. The number of thioether (sulfide) groups is 1. The van der Waals surface area contributed by atoms with Gasteiger partial charge in [-0.3, -0.25) is 9.69 Å². The number of carbonyl (C=O) groups is 1. The van der Waals surface area contributed by atoms with Crippen molar-refractivity contribution < 1.29 is 13.6 Å². The van der Waals surface area contributed by atoms with Crippen LogP contribution in [0.15, 0.2) is 80.4 Å². The van der Waals surface area contributed by atoms with Gasteiger partial charge in [-0.05, 0) is 42.1 Å². The molecule has 0 unspecified atom stereocenters. The molecule has 9 heteroatoms. The number of nitrogens with zero attached hydrogens (tertiary/aromatic N) is 3. The van der Waals surface area contributed by atoms with Crippen molar-refractivity contribution in [3.8, 4) is 0 Å². The van der Waals surface area contributed by atoms with Crippen molar-refractivity contribution in [2.24, 2.45) is 10.2 Å². The van der Waals surface area contributed by atoms with E-state index < -0.39 is 5.82 Å². The molecule has 1 saturated heterocycles. The molecule has 4 rings (SSSR count). The normalized spacial score (nSPS) is 16.9. The number of hydrogen-bond acceptors (Lipinski definition) is 5. The number of hydrogen-bond donors (Lipinski definition) is 0. The van der Waals surface area contributed by atoms with Crippen molar-refractivity contribution in [1.82, 2.24) is 4.90 Å². The minimum atomic E-state index is -0.417. The third-order valence-corrected chi connectivity index (χ3v) is 6.13. The van der Waals surface area contributed by atoms with Crippen molar-refractivity contribution in [3.63, 3.8) is 0 Å². The number of amidine groups is 1. The van der Waals surface area contributed by atoms with Crippen molar-refractivity contribution in [1.29, 1.82) is 0 Å². The molecule has 0 radical (unpaired) electrons. The highest BCUT2D eigenvalue weighted by molar-refractivity contribution is 8.18. The van der Waals surface area contributed by atoms with Crippen LogP contribution in [0.25, 0.3) is 6.08 Å². The maximum Gasteiger partial charge on any atom is 0.267 e. The fourth-order valence-corrected chi connectivity index (χ4v) is 4.06. The first-order chi connectivity index (χ1) is 15.0. The lowest BCUT2D eigenvalue weighted by molar-refractivity contribution is -0.122. The molecule has 156 valence electrons. The number of carbonyl (C=O) groups excluding carboxylic acids is 1. The lowest BCUT2D eigenvalue weighted by Crippen LogP contribution is -2.28. The van der Waals surface area contributed by atoms with Gasteiger partial charge in [0.1, 0.15) is 11.6 Å². The zero-order chi connectivity index (χ0) is 21.8. The summed E-state index contributed by atoms with van der Waals surface area (Å²) in [5, 5.41) is 9.35. The van der Waals surface area contributed by atoms with E-state index in [4.69, 9.17) is 27.6 Å². The van der Waals surface area contributed by atoms with Crippen LogP contribution in [-0.2, 0) is 11.3 Å². The Morgan fingerprint density at radius 2 is 1.87 bits per heavy atom. The van der Waals surface area contributed by atoms with Gasteiger partial charge in [-0.15, -0.1) is 5.10 Å². The minimum Gasteiger partial charge on any atom is -0.467 e. The molecule has 1 fully saturated rings. The fourth-order valence-electron chi connectivity index (χ4n) is 2.77. The van der Waals surface area contributed by atoms with E-state index in [1.54, 1.807) is 48.5 Å². The Morgan fingerprint density at radius 1 is 1.06 bits per heavy atom. The average Bonchev–Trinajstić information content (AvgIpc) is 3.37. The van der Waals surface area contributed by atoms with E-state index in [-0.39, 0.29) is 12.5 Å². The van der Waals surface area contributed by atoms with Gasteiger partial charge in [0, 0.05) is 11.1 Å². The molecule has 0 atom stereocenters. The summed E-state index contributed by atoms with van der Waals surface area (Å²) in [4.78, 5) is 14.7. The van der Waals surface area contributed by atoms with Crippen LogP contribution in [0.5, 0.6) is 0 Å². The van der Waals surface area contributed by atoms with E-state index in [0.29, 0.717) is 37.0 Å². The zero-order valence-corrected chi connectivity index (χ0v) is 18.2. The molecular formula is C22H14Cl2FN3O2S. The average molecular weight is 474 g/mol. The van der Waals surface area contributed by atoms with Gasteiger partial charge >= 0.3 is 0 Å². The maximum absolute atomic E-state index is 14.1. The van der Waals surface area contributed by atoms with Gasteiger partial charge in [0.2, 0.25) is 0 Å². The number of benzene rings is 2. The van der Waals surface area contributed by atoms with Gasteiger partial charge < -0.3 is 4.42 Å². The molecule has 0 N–H and O–H groups in total. The van der Waals surface area contributed by atoms with Gasteiger partial charge in [0.15, 0.2) is 5.17 Å². The molecule has 1 aliphatic rings. The first-order valence-electron chi connectivity index (χ1n) is 9.06. The summed E-state index contributed by atoms with van der Waals surface area (Å²) in [6, 6.07) is 14.9. The van der Waals surface area contributed by atoms with E-state index in [1.165, 1.54) is 29.5 Å². The largest absolute Gasteiger partial charge is 0.467 e. The van der Waals surface area contributed by atoms with Crippen molar-refractivity contribution in [3.05, 3.63) is 98.5 Å². The number of amides is 1. The van der Waals surface area contributed by atoms with Gasteiger partial charge in [-0.1, -0.05) is 53.5 Å². The molecule has 0 bridgehead atoms. The molecular weight excluding hydrogens is 460 g/mol. The minimum absolute atomic E-state index is 0.166. The van der Waals surface area contributed by atoms with Crippen molar-refractivity contribution in [2.75, 3.05) is 0 Å². The Kier molecular flexibility index (Phi) is 6.56. The van der Waals surface area contributed by atoms with Gasteiger partial charge in [-0.25, -0.2) is 4.39 Å². The maximum atomic E-state index is 14.1. The molecule has 5 nitrogen and oxygen atoms in total. The van der Waals surface area contributed by atoms with Gasteiger partial charge in [-0.2, -0.15) is 5.10 Å². The van der Waals surface area contributed by atoms with E-state index in [2.05, 4.69) is 10.2 Å². The second-order valence-corrected chi connectivity index (χ2v) is 8.17. The van der Waals surface area contributed by atoms with Crippen LogP contribution in [0.3, 0.4) is 0 Å². The highest BCUT2D eigenvalue weighted by Gasteiger charge is 2.34. The third kappa shape index (κ3) is 4.90. The monoisotopic (exact) mass is 473 g/mol. The number of furan rings is 1. The molecule has 1 amide bonds. The summed E-state index contributed by atoms with van der Waals surface area (Å²) in [5.41, 5.74) is 0.902. The number of halogens is 3. The molecule has 3 aromatic rings. The number of rotatable bonds is 5. The summed E-state index contributed by atoms with van der Waals surface area (Å²) in [7, 11) is 0. The SMILES string of the molecule is O=C1/C(=C/c2ccccc2F)S/C(=N/N=C\c2cccc(Cl)c2Cl)N1Cc1ccco1. The topological polar surface area (TPSA) is 58.2 Å². The summed E-state index contributed by atoms with van der Waals surface area (Å²) in [6.45, 7) is 0.166. The van der Waals surface area contributed by atoms with Crippen LogP contribution >= 0.6 is 35.0 Å². The molecule has 0 spiro atoms. The van der Waals surface area contributed by atoms with E-state index in [1.807, 2.05) is 0 Å². The van der Waals surface area contributed by atoms with Crippen molar-refractivity contribution in [2.45, 2.75) is 6.54 Å². The second kappa shape index (κ2) is 9.51. The van der Waals surface area contributed by atoms with E-state index >= 15 is 0 Å². The Bertz CT molecular complexity index is 1210. The highest BCUT2D eigenvalue weighted by atomic mass is 35.5. The Hall–Kier alpha value is -2.87. The van der Waals surface area contributed by atoms with Crippen LogP contribution < -0.4 is 0 Å². The summed E-state index contributed by atoms with van der Waals surface area (Å²) < 4.78 is 19.4. The lowest BCUT2D eigenvalue weighted by atomic mass is 10.2. The summed E-state index contributed by atoms with van der Waals surface area (Å²) in [5.74, 6) is -0.157. The van der Waals surface area contributed by atoms with Crippen molar-refractivity contribution >= 4 is 58.3 Å². The van der Waals surface area contributed by atoms with E-state index in [0.717, 1.165) is 11.8 Å². The Balaban J connectivity index is 1.65. The zero-order valence-electron chi connectivity index (χ0n) is 15.8. The predicted octanol–water partition coefficient (Wildman–Crippen LogP) is 6.23. The molecule has 0 saturated carbocycles. The first kappa shape index (κ1) is 21.4. The van der Waals surface area contributed by atoms with Gasteiger partial charge in [0.05, 0.1) is 34.0 Å². The summed E-state index contributed by atoms with van der Waals surface area (Å²) >= 11 is 13.3. The quantitative estimate of drug-likeness (QED) is 0.250. The first-order valence-corrected chi connectivity index (χ1v) is 10.6. The molecule has 1 aliphatic heterocycles. The Labute approximate surface area is 191 Å². The molecule has 0 aliphatic carbocycles. The second-order valence-electron chi connectivity index (χ2n) is 6.37. The molecule has 1 aromatic heterocycles. The van der Waals surface area contributed by atoms with Crippen LogP contribution in [0.2, 0.25) is 10.0 Å². The van der Waals surface area contributed by atoms with Gasteiger partial charge in [0.25, 0.3) is 5.91 Å². The van der Waals surface area contributed by atoms with E-state index in [9.17, 15) is 9.18 Å². The van der Waals surface area contributed by atoms with Crippen LogP contribution in [0.4, 0.5) is 4.39 Å². The molecule has 2 aromatic carbocycles. The predicted molar refractivity (Wildman–Crippen MR) is 123 cm³/mol. The lowest BCUT2D eigenvalue weighted by Gasteiger charge is -2.12. The summed E-state index contributed by atoms with van der Waals surface area (Å²) in [6.07, 6.45) is 4.47. The smallest absolute Gasteiger partial charge is 0.267 e. The standard InChI is InChI=1S/C22H14Cl2FN3O2S/c23-17-8-3-6-15(20(17)24)12-26-27-22-28(13-16-7-4-10-30-16)21(29)19(31-22)11-14-5-1-2-9-18(14)25/h1-12H,13H2/b19-11-,26-12-,27-22+.